The molecule has 1 rings (SSSR count). The fourth-order valence-electron chi connectivity index (χ4n) is 1.12. The molecule has 6 heteroatoms. The summed E-state index contributed by atoms with van der Waals surface area (Å²) in [5.74, 6) is -2.74. The van der Waals surface area contributed by atoms with Gasteiger partial charge in [-0.3, -0.25) is 4.79 Å². The number of halogens is 2. The third-order valence-corrected chi connectivity index (χ3v) is 1.93. The normalized spacial score (nSPS) is 10.2. The molecule has 1 aromatic carbocycles. The summed E-state index contributed by atoms with van der Waals surface area (Å²) in [6.45, 7) is 0.600. The van der Waals surface area contributed by atoms with E-state index >= 15 is 0 Å². The smallest absolute Gasteiger partial charge is 0.253 e. The molecule has 0 atom stereocenters. The van der Waals surface area contributed by atoms with Gasteiger partial charge in [0.05, 0.1) is 12.2 Å². The number of nitrogens with one attached hydrogen (secondary N) is 1. The third-order valence-electron chi connectivity index (χ3n) is 1.93. The van der Waals surface area contributed by atoms with Crippen LogP contribution in [0.1, 0.15) is 10.4 Å². The topological polar surface area (TPSA) is 64.3 Å². The van der Waals surface area contributed by atoms with Crippen molar-refractivity contribution >= 4 is 11.6 Å². The number of hydrogen-bond donors (Lipinski definition) is 2. The van der Waals surface area contributed by atoms with Gasteiger partial charge in [0.15, 0.2) is 11.6 Å². The summed E-state index contributed by atoms with van der Waals surface area (Å²) in [6, 6.07) is 1.55. The molecule has 3 N–H and O–H groups in total. The summed E-state index contributed by atoms with van der Waals surface area (Å²) >= 11 is 0. The van der Waals surface area contributed by atoms with E-state index in [1.165, 1.54) is 7.11 Å². The number of anilines is 1. The molecule has 0 heterocycles. The largest absolute Gasteiger partial charge is 0.398 e. The van der Waals surface area contributed by atoms with Crippen LogP contribution in [0.3, 0.4) is 0 Å². The first kappa shape index (κ1) is 12.4. The number of hydrogen-bond acceptors (Lipinski definition) is 3. The van der Waals surface area contributed by atoms with E-state index in [0.717, 1.165) is 12.1 Å². The molecule has 88 valence electrons. The standard InChI is InChI=1S/C10H12F2N2O2/c1-16-3-2-14-10(15)6-4-7(11)8(12)5-9(6)13/h4-5H,2-3,13H2,1H3,(H,14,15). The Morgan fingerprint density at radius 3 is 2.69 bits per heavy atom. The Morgan fingerprint density at radius 1 is 1.44 bits per heavy atom. The average molecular weight is 230 g/mol. The first-order chi connectivity index (χ1) is 7.56. The van der Waals surface area contributed by atoms with Crippen LogP contribution < -0.4 is 11.1 Å². The molecule has 1 amide bonds. The molecular formula is C10H12F2N2O2. The van der Waals surface area contributed by atoms with E-state index in [1.807, 2.05) is 0 Å². The van der Waals surface area contributed by atoms with Crippen LogP contribution in [0, 0.1) is 11.6 Å². The SMILES string of the molecule is COCCNC(=O)c1cc(F)c(F)cc1N. The van der Waals surface area contributed by atoms with E-state index in [1.54, 1.807) is 0 Å². The lowest BCUT2D eigenvalue weighted by atomic mass is 10.1. The summed E-state index contributed by atoms with van der Waals surface area (Å²) in [7, 11) is 1.48. The van der Waals surface area contributed by atoms with Gasteiger partial charge in [0, 0.05) is 25.4 Å². The molecule has 1 aromatic rings. The number of rotatable bonds is 4. The Kier molecular flexibility index (Phi) is 4.19. The molecule has 0 aliphatic rings. The van der Waals surface area contributed by atoms with E-state index in [4.69, 9.17) is 10.5 Å². The molecule has 16 heavy (non-hydrogen) atoms. The van der Waals surface area contributed by atoms with Crippen molar-refractivity contribution in [1.29, 1.82) is 0 Å². The lowest BCUT2D eigenvalue weighted by Crippen LogP contribution is -2.27. The number of nitrogen functional groups attached to an aromatic ring is 1. The maximum absolute atomic E-state index is 12.9. The second-order valence-corrected chi connectivity index (χ2v) is 3.10. The van der Waals surface area contributed by atoms with Crippen LogP contribution in [-0.2, 0) is 4.74 Å². The van der Waals surface area contributed by atoms with Crippen molar-refractivity contribution < 1.29 is 18.3 Å². The molecule has 0 aliphatic carbocycles. The molecule has 0 radical (unpaired) electrons. The maximum atomic E-state index is 12.9. The second kappa shape index (κ2) is 5.41. The van der Waals surface area contributed by atoms with Crippen LogP contribution in [0.2, 0.25) is 0 Å². The van der Waals surface area contributed by atoms with Crippen LogP contribution in [-0.4, -0.2) is 26.2 Å². The molecular weight excluding hydrogens is 218 g/mol. The van der Waals surface area contributed by atoms with Gasteiger partial charge < -0.3 is 15.8 Å². The summed E-state index contributed by atoms with van der Waals surface area (Å²) in [6.07, 6.45) is 0. The van der Waals surface area contributed by atoms with Crippen molar-refractivity contribution in [2.45, 2.75) is 0 Å². The molecule has 0 aromatic heterocycles. The van der Waals surface area contributed by atoms with Crippen LogP contribution >= 0.6 is 0 Å². The Bertz CT molecular complexity index is 397. The molecule has 0 spiro atoms. The van der Waals surface area contributed by atoms with Crippen molar-refractivity contribution in [3.63, 3.8) is 0 Å². The average Bonchev–Trinajstić information content (AvgIpc) is 2.23. The fraction of sp³-hybridized carbons (Fsp3) is 0.300. The first-order valence-electron chi connectivity index (χ1n) is 4.58. The summed E-state index contributed by atoms with van der Waals surface area (Å²) in [5.41, 5.74) is 5.21. The van der Waals surface area contributed by atoms with E-state index in [-0.39, 0.29) is 17.8 Å². The quantitative estimate of drug-likeness (QED) is 0.597. The fourth-order valence-corrected chi connectivity index (χ4v) is 1.12. The zero-order valence-electron chi connectivity index (χ0n) is 8.72. The van der Waals surface area contributed by atoms with Gasteiger partial charge in [-0.15, -0.1) is 0 Å². The minimum Gasteiger partial charge on any atom is -0.398 e. The maximum Gasteiger partial charge on any atom is 0.253 e. The van der Waals surface area contributed by atoms with Crippen molar-refractivity contribution in [3.05, 3.63) is 29.3 Å². The highest BCUT2D eigenvalue weighted by Gasteiger charge is 2.13. The van der Waals surface area contributed by atoms with Crippen LogP contribution in [0.5, 0.6) is 0 Å². The van der Waals surface area contributed by atoms with Crippen LogP contribution in [0.25, 0.3) is 0 Å². The number of ether oxygens (including phenoxy) is 1. The van der Waals surface area contributed by atoms with Gasteiger partial charge in [-0.25, -0.2) is 8.78 Å². The van der Waals surface area contributed by atoms with E-state index in [9.17, 15) is 13.6 Å². The number of methoxy groups -OCH3 is 1. The summed E-state index contributed by atoms with van der Waals surface area (Å²) in [5, 5.41) is 2.45. The van der Waals surface area contributed by atoms with Gasteiger partial charge in [0.1, 0.15) is 0 Å². The van der Waals surface area contributed by atoms with E-state index in [2.05, 4.69) is 5.32 Å². The molecule has 0 fully saturated rings. The van der Waals surface area contributed by atoms with Gasteiger partial charge in [0.2, 0.25) is 0 Å². The minimum atomic E-state index is -1.11. The molecule has 0 saturated carbocycles. The van der Waals surface area contributed by atoms with Gasteiger partial charge in [-0.05, 0) is 6.07 Å². The van der Waals surface area contributed by atoms with Crippen molar-refractivity contribution in [2.75, 3.05) is 26.0 Å². The number of benzene rings is 1. The zero-order chi connectivity index (χ0) is 12.1. The highest BCUT2D eigenvalue weighted by atomic mass is 19.2. The predicted molar refractivity (Wildman–Crippen MR) is 55.0 cm³/mol. The number of nitrogens with two attached hydrogens (primary N) is 1. The monoisotopic (exact) mass is 230 g/mol. The van der Waals surface area contributed by atoms with E-state index < -0.39 is 17.5 Å². The molecule has 0 saturated heterocycles. The van der Waals surface area contributed by atoms with Crippen LogP contribution in [0.15, 0.2) is 12.1 Å². The third kappa shape index (κ3) is 2.90. The minimum absolute atomic E-state index is 0.0880. The van der Waals surface area contributed by atoms with Gasteiger partial charge >= 0.3 is 0 Å². The summed E-state index contributed by atoms with van der Waals surface area (Å²) in [4.78, 5) is 11.5. The van der Waals surface area contributed by atoms with Gasteiger partial charge in [-0.1, -0.05) is 0 Å². The Balaban J connectivity index is 2.79. The highest BCUT2D eigenvalue weighted by molar-refractivity contribution is 5.99. The Morgan fingerprint density at radius 2 is 2.06 bits per heavy atom. The van der Waals surface area contributed by atoms with Gasteiger partial charge in [0.25, 0.3) is 5.91 Å². The predicted octanol–water partition coefficient (Wildman–Crippen LogP) is 0.923. The van der Waals surface area contributed by atoms with Crippen molar-refractivity contribution in [1.82, 2.24) is 5.32 Å². The van der Waals surface area contributed by atoms with Crippen LogP contribution in [0.4, 0.5) is 14.5 Å². The van der Waals surface area contributed by atoms with Gasteiger partial charge in [-0.2, -0.15) is 0 Å². The lowest BCUT2D eigenvalue weighted by Gasteiger charge is -2.07. The molecule has 0 unspecified atom stereocenters. The molecule has 4 nitrogen and oxygen atoms in total. The van der Waals surface area contributed by atoms with Crippen molar-refractivity contribution in [3.8, 4) is 0 Å². The van der Waals surface area contributed by atoms with E-state index in [0.29, 0.717) is 6.61 Å². The summed E-state index contributed by atoms with van der Waals surface area (Å²) < 4.78 is 30.3. The Hall–Kier alpha value is -1.69. The molecule has 0 aliphatic heterocycles. The van der Waals surface area contributed by atoms with Crippen molar-refractivity contribution in [2.24, 2.45) is 0 Å². The number of carbonyl (C=O) groups is 1. The molecule has 0 bridgehead atoms. The zero-order valence-corrected chi connectivity index (χ0v) is 8.72. The lowest BCUT2D eigenvalue weighted by molar-refractivity contribution is 0.0937. The Labute approximate surface area is 91.4 Å². The first-order valence-corrected chi connectivity index (χ1v) is 4.58. The second-order valence-electron chi connectivity index (χ2n) is 3.10. The number of amides is 1. The highest BCUT2D eigenvalue weighted by Crippen LogP contribution is 2.16. The number of carbonyl (C=O) groups excluding carboxylic acids is 1.